The number of aromatic nitrogens is 5. The lowest BCUT2D eigenvalue weighted by atomic mass is 10.1. The van der Waals surface area contributed by atoms with Gasteiger partial charge >= 0.3 is 6.18 Å². The van der Waals surface area contributed by atoms with Crippen molar-refractivity contribution < 1.29 is 13.2 Å². The van der Waals surface area contributed by atoms with Crippen LogP contribution in [0.25, 0.3) is 11.0 Å². The summed E-state index contributed by atoms with van der Waals surface area (Å²) >= 11 is 0. The molecule has 0 fully saturated rings. The van der Waals surface area contributed by atoms with Crippen LogP contribution in [-0.2, 0) is 12.7 Å². The lowest BCUT2D eigenvalue weighted by Crippen LogP contribution is -2.08. The van der Waals surface area contributed by atoms with Gasteiger partial charge in [0.1, 0.15) is 5.39 Å². The zero-order chi connectivity index (χ0) is 15.0. The van der Waals surface area contributed by atoms with Crippen molar-refractivity contribution in [1.29, 1.82) is 0 Å². The second-order valence-corrected chi connectivity index (χ2v) is 4.40. The third-order valence-corrected chi connectivity index (χ3v) is 2.88. The second kappa shape index (κ2) is 4.69. The Balaban J connectivity index is 1.95. The van der Waals surface area contributed by atoms with Crippen molar-refractivity contribution in [3.8, 4) is 0 Å². The summed E-state index contributed by atoms with van der Waals surface area (Å²) in [6, 6.07) is 4.92. The van der Waals surface area contributed by atoms with Gasteiger partial charge in [-0.2, -0.15) is 13.2 Å². The molecule has 2 aromatic heterocycles. The number of aromatic amines is 1. The fourth-order valence-electron chi connectivity index (χ4n) is 1.94. The molecule has 3 rings (SSSR count). The first-order valence-corrected chi connectivity index (χ1v) is 5.88. The predicted octanol–water partition coefficient (Wildman–Crippen LogP) is 1.58. The number of hydrogen-bond acceptors (Lipinski definition) is 4. The van der Waals surface area contributed by atoms with E-state index in [1.165, 1.54) is 16.9 Å². The van der Waals surface area contributed by atoms with E-state index in [0.29, 0.717) is 5.56 Å². The maximum Gasteiger partial charge on any atom is 0.416 e. The fraction of sp³-hybridized carbons (Fsp3) is 0.167. The first-order valence-electron chi connectivity index (χ1n) is 5.88. The normalized spacial score (nSPS) is 12.0. The molecule has 0 saturated carbocycles. The first kappa shape index (κ1) is 13.3. The summed E-state index contributed by atoms with van der Waals surface area (Å²) in [5, 5.41) is 13.4. The van der Waals surface area contributed by atoms with Gasteiger partial charge in [0.25, 0.3) is 5.56 Å². The highest BCUT2D eigenvalue weighted by Crippen LogP contribution is 2.29. The molecule has 1 aromatic carbocycles. The highest BCUT2D eigenvalue weighted by molar-refractivity contribution is 5.71. The Labute approximate surface area is 115 Å². The van der Waals surface area contributed by atoms with Gasteiger partial charge in [-0.25, -0.2) is 5.10 Å². The second-order valence-electron chi connectivity index (χ2n) is 4.40. The minimum absolute atomic E-state index is 0.0969. The third kappa shape index (κ3) is 2.62. The van der Waals surface area contributed by atoms with Gasteiger partial charge in [0, 0.05) is 6.20 Å². The van der Waals surface area contributed by atoms with Gasteiger partial charge < -0.3 is 0 Å². The average molecular weight is 295 g/mol. The monoisotopic (exact) mass is 295 g/mol. The lowest BCUT2D eigenvalue weighted by molar-refractivity contribution is -0.137. The first-order chi connectivity index (χ1) is 9.93. The van der Waals surface area contributed by atoms with E-state index in [4.69, 9.17) is 0 Å². The quantitative estimate of drug-likeness (QED) is 0.778. The van der Waals surface area contributed by atoms with Crippen molar-refractivity contribution >= 4 is 11.0 Å². The van der Waals surface area contributed by atoms with Crippen molar-refractivity contribution in [2.45, 2.75) is 12.7 Å². The van der Waals surface area contributed by atoms with E-state index in [-0.39, 0.29) is 17.6 Å². The zero-order valence-corrected chi connectivity index (χ0v) is 10.4. The van der Waals surface area contributed by atoms with Crippen LogP contribution in [0.15, 0.2) is 35.3 Å². The number of nitrogens with one attached hydrogen (secondary N) is 1. The van der Waals surface area contributed by atoms with Crippen LogP contribution in [0.4, 0.5) is 13.2 Å². The molecular weight excluding hydrogens is 287 g/mol. The average Bonchev–Trinajstić information content (AvgIpc) is 2.82. The van der Waals surface area contributed by atoms with Gasteiger partial charge in [-0.15, -0.1) is 10.2 Å². The molecule has 9 heteroatoms. The molecule has 0 radical (unpaired) electrons. The van der Waals surface area contributed by atoms with Crippen molar-refractivity contribution in [1.82, 2.24) is 25.2 Å². The van der Waals surface area contributed by atoms with Gasteiger partial charge in [0.05, 0.1) is 12.1 Å². The minimum Gasteiger partial charge on any atom is -0.267 e. The number of rotatable bonds is 2. The number of benzene rings is 1. The highest BCUT2D eigenvalue weighted by atomic mass is 19.4. The SMILES string of the molecule is O=c1[nH]nnc2nn(Cc3cccc(C(F)(F)F)c3)cc12. The van der Waals surface area contributed by atoms with Gasteiger partial charge in [-0.1, -0.05) is 17.3 Å². The Morgan fingerprint density at radius 2 is 2.10 bits per heavy atom. The van der Waals surface area contributed by atoms with E-state index in [9.17, 15) is 18.0 Å². The summed E-state index contributed by atoms with van der Waals surface area (Å²) in [4.78, 5) is 11.5. The van der Waals surface area contributed by atoms with Crippen molar-refractivity contribution in [2.24, 2.45) is 0 Å². The van der Waals surface area contributed by atoms with E-state index in [0.717, 1.165) is 12.1 Å². The summed E-state index contributed by atoms with van der Waals surface area (Å²) in [5.41, 5.74) is -0.614. The van der Waals surface area contributed by atoms with E-state index in [2.05, 4.69) is 20.5 Å². The van der Waals surface area contributed by atoms with E-state index in [1.807, 2.05) is 0 Å². The summed E-state index contributed by atoms with van der Waals surface area (Å²) in [7, 11) is 0. The molecule has 0 unspecified atom stereocenters. The summed E-state index contributed by atoms with van der Waals surface area (Å²) < 4.78 is 39.3. The maximum absolute atomic E-state index is 12.6. The van der Waals surface area contributed by atoms with E-state index >= 15 is 0 Å². The molecule has 0 bridgehead atoms. The fourth-order valence-corrected chi connectivity index (χ4v) is 1.94. The van der Waals surface area contributed by atoms with Crippen LogP contribution in [0.1, 0.15) is 11.1 Å². The molecule has 0 amide bonds. The predicted molar refractivity (Wildman–Crippen MR) is 66.5 cm³/mol. The molecule has 21 heavy (non-hydrogen) atoms. The molecule has 1 N–H and O–H groups in total. The Morgan fingerprint density at radius 3 is 2.81 bits per heavy atom. The van der Waals surface area contributed by atoms with E-state index < -0.39 is 17.3 Å². The maximum atomic E-state index is 12.6. The molecule has 0 atom stereocenters. The molecular formula is C12H8F3N5O. The smallest absolute Gasteiger partial charge is 0.267 e. The Kier molecular flexibility index (Phi) is 2.96. The Hall–Kier alpha value is -2.71. The Bertz CT molecular complexity index is 852. The molecule has 108 valence electrons. The van der Waals surface area contributed by atoms with Gasteiger partial charge in [0.15, 0.2) is 0 Å². The summed E-state index contributed by atoms with van der Waals surface area (Å²) in [6.07, 6.45) is -2.98. The number of fused-ring (bicyclic) bond motifs is 1. The topological polar surface area (TPSA) is 76.5 Å². The number of H-pyrrole nitrogens is 1. The molecule has 0 aliphatic heterocycles. The molecule has 6 nitrogen and oxygen atoms in total. The van der Waals surface area contributed by atoms with E-state index in [1.54, 1.807) is 6.07 Å². The number of hydrogen-bond donors (Lipinski definition) is 1. The molecule has 2 heterocycles. The van der Waals surface area contributed by atoms with Gasteiger partial charge in [0.2, 0.25) is 5.65 Å². The van der Waals surface area contributed by atoms with Gasteiger partial charge in [-0.3, -0.25) is 9.48 Å². The lowest BCUT2D eigenvalue weighted by Gasteiger charge is -2.08. The molecule has 0 saturated heterocycles. The molecule has 3 aromatic rings. The number of nitrogens with zero attached hydrogens (tertiary/aromatic N) is 4. The van der Waals surface area contributed by atoms with Crippen molar-refractivity contribution in [3.05, 3.63) is 51.9 Å². The zero-order valence-electron chi connectivity index (χ0n) is 10.4. The highest BCUT2D eigenvalue weighted by Gasteiger charge is 2.30. The third-order valence-electron chi connectivity index (χ3n) is 2.88. The van der Waals surface area contributed by atoms with Crippen LogP contribution >= 0.6 is 0 Å². The van der Waals surface area contributed by atoms with Crippen LogP contribution in [0.3, 0.4) is 0 Å². The van der Waals surface area contributed by atoms with Gasteiger partial charge in [-0.05, 0) is 17.7 Å². The summed E-state index contributed by atoms with van der Waals surface area (Å²) in [6.45, 7) is 0.0969. The van der Waals surface area contributed by atoms with Crippen LogP contribution in [0, 0.1) is 0 Å². The molecule has 0 aliphatic rings. The van der Waals surface area contributed by atoms with Crippen molar-refractivity contribution in [2.75, 3.05) is 0 Å². The Morgan fingerprint density at radius 1 is 1.29 bits per heavy atom. The largest absolute Gasteiger partial charge is 0.416 e. The standard InChI is InChI=1S/C12H8F3N5O/c13-12(14,15)8-3-1-2-7(4-8)5-20-6-9-10(18-20)16-19-17-11(9)21/h1-4,6H,5H2,(H,16,17,18,21). The molecule has 0 spiro atoms. The number of halogens is 3. The van der Waals surface area contributed by atoms with Crippen LogP contribution in [-0.4, -0.2) is 25.2 Å². The van der Waals surface area contributed by atoms with Crippen LogP contribution in [0.2, 0.25) is 0 Å². The molecule has 0 aliphatic carbocycles. The van der Waals surface area contributed by atoms with Crippen LogP contribution in [0.5, 0.6) is 0 Å². The van der Waals surface area contributed by atoms with Crippen LogP contribution < -0.4 is 5.56 Å². The summed E-state index contributed by atoms with van der Waals surface area (Å²) in [5.74, 6) is 0. The minimum atomic E-state index is -4.40. The number of alkyl halides is 3. The van der Waals surface area contributed by atoms with Crippen molar-refractivity contribution in [3.63, 3.8) is 0 Å².